The first kappa shape index (κ1) is 16.1. The van der Waals surface area contributed by atoms with E-state index in [9.17, 15) is 14.9 Å². The van der Waals surface area contributed by atoms with Gasteiger partial charge in [0.1, 0.15) is 12.9 Å². The van der Waals surface area contributed by atoms with Crippen LogP contribution in [0.3, 0.4) is 0 Å². The van der Waals surface area contributed by atoms with Crippen LogP contribution < -0.4 is 4.74 Å². The summed E-state index contributed by atoms with van der Waals surface area (Å²) in [5.41, 5.74) is 0.0947. The van der Waals surface area contributed by atoms with Gasteiger partial charge in [-0.2, -0.15) is 0 Å². The highest BCUT2D eigenvalue weighted by atomic mass is 16.7. The third-order valence-corrected chi connectivity index (χ3v) is 2.40. The van der Waals surface area contributed by atoms with Gasteiger partial charge in [-0.05, 0) is 26.0 Å². The minimum Gasteiger partial charge on any atom is -0.481 e. The molecule has 20 heavy (non-hydrogen) atoms. The van der Waals surface area contributed by atoms with Gasteiger partial charge < -0.3 is 14.2 Å². The predicted molar refractivity (Wildman–Crippen MR) is 71.0 cm³/mol. The van der Waals surface area contributed by atoms with Gasteiger partial charge in [0.05, 0.1) is 4.92 Å². The van der Waals surface area contributed by atoms with Crippen LogP contribution in [0, 0.1) is 10.1 Å². The number of benzene rings is 1. The van der Waals surface area contributed by atoms with E-state index in [0.29, 0.717) is 25.1 Å². The van der Waals surface area contributed by atoms with E-state index < -0.39 is 11.2 Å². The molecular formula is C13H17NO6. The summed E-state index contributed by atoms with van der Waals surface area (Å²) >= 11 is 0. The first-order chi connectivity index (χ1) is 9.62. The fourth-order valence-electron chi connectivity index (χ4n) is 1.54. The summed E-state index contributed by atoms with van der Waals surface area (Å²) in [5, 5.41) is 10.9. The molecule has 1 aromatic rings. The second-order valence-corrected chi connectivity index (χ2v) is 3.75. The molecule has 0 radical (unpaired) electrons. The van der Waals surface area contributed by atoms with Crippen molar-refractivity contribution in [1.29, 1.82) is 0 Å². The fraction of sp³-hybridized carbons (Fsp3) is 0.462. The molecule has 7 heteroatoms. The number of carbonyl (C=O) groups excluding carboxylic acids is 1. The lowest BCUT2D eigenvalue weighted by Crippen LogP contribution is -2.25. The number of hydrogen-bond donors (Lipinski definition) is 0. The highest BCUT2D eigenvalue weighted by Crippen LogP contribution is 2.27. The summed E-state index contributed by atoms with van der Waals surface area (Å²) < 4.78 is 15.9. The molecule has 0 heterocycles. The van der Waals surface area contributed by atoms with E-state index in [1.807, 2.05) is 13.8 Å². The average molecular weight is 283 g/mol. The van der Waals surface area contributed by atoms with Crippen LogP contribution in [0.2, 0.25) is 0 Å². The largest absolute Gasteiger partial charge is 0.481 e. The Kier molecular flexibility index (Phi) is 6.61. The average Bonchev–Trinajstić information content (AvgIpc) is 2.44. The molecule has 0 N–H and O–H groups in total. The molecule has 0 atom stereocenters. The molecule has 0 spiro atoms. The van der Waals surface area contributed by atoms with Crippen LogP contribution in [0.1, 0.15) is 24.2 Å². The molecule has 0 amide bonds. The zero-order chi connectivity index (χ0) is 15.0. The normalized spacial score (nSPS) is 10.6. The number of nitrogens with zero attached hydrogens (tertiary/aromatic N) is 1. The lowest BCUT2D eigenvalue weighted by atomic mass is 10.2. The van der Waals surface area contributed by atoms with E-state index in [-0.39, 0.29) is 18.0 Å². The summed E-state index contributed by atoms with van der Waals surface area (Å²) in [4.78, 5) is 21.0. The smallest absolute Gasteiger partial charge is 0.310 e. The molecule has 1 aromatic carbocycles. The highest BCUT2D eigenvalue weighted by Gasteiger charge is 2.18. The summed E-state index contributed by atoms with van der Waals surface area (Å²) in [6.45, 7) is 4.49. The first-order valence-corrected chi connectivity index (χ1v) is 6.22. The van der Waals surface area contributed by atoms with E-state index in [1.54, 1.807) is 0 Å². The summed E-state index contributed by atoms with van der Waals surface area (Å²) in [5.74, 6) is 0.0176. The van der Waals surface area contributed by atoms with E-state index in [1.165, 1.54) is 18.2 Å². The van der Waals surface area contributed by atoms with Crippen LogP contribution in [-0.2, 0) is 9.47 Å². The molecule has 110 valence electrons. The Morgan fingerprint density at radius 3 is 2.45 bits per heavy atom. The van der Waals surface area contributed by atoms with Crippen molar-refractivity contribution in [3.05, 3.63) is 33.9 Å². The lowest BCUT2D eigenvalue weighted by molar-refractivity contribution is -0.386. The maximum Gasteiger partial charge on any atom is 0.310 e. The molecule has 0 aliphatic rings. The van der Waals surface area contributed by atoms with Crippen LogP contribution in [0.15, 0.2) is 18.2 Å². The van der Waals surface area contributed by atoms with Gasteiger partial charge in [-0.25, -0.2) is 0 Å². The van der Waals surface area contributed by atoms with Crippen molar-refractivity contribution in [3.63, 3.8) is 0 Å². The van der Waals surface area contributed by atoms with Crippen molar-refractivity contribution in [2.24, 2.45) is 0 Å². The number of nitro groups is 1. The van der Waals surface area contributed by atoms with Gasteiger partial charge in [-0.3, -0.25) is 14.9 Å². The summed E-state index contributed by atoms with van der Waals surface area (Å²) in [7, 11) is 0. The number of hydrogen-bond acceptors (Lipinski definition) is 6. The Balaban J connectivity index is 2.83. The van der Waals surface area contributed by atoms with Gasteiger partial charge in [0.2, 0.25) is 0 Å². The van der Waals surface area contributed by atoms with Crippen LogP contribution in [0.4, 0.5) is 5.69 Å². The van der Waals surface area contributed by atoms with Crippen molar-refractivity contribution < 1.29 is 23.9 Å². The van der Waals surface area contributed by atoms with E-state index >= 15 is 0 Å². The molecule has 0 saturated carbocycles. The molecular weight excluding hydrogens is 266 g/mol. The van der Waals surface area contributed by atoms with Crippen LogP contribution in [0.25, 0.3) is 0 Å². The third kappa shape index (κ3) is 4.60. The van der Waals surface area contributed by atoms with Gasteiger partial charge in [0, 0.05) is 24.8 Å². The first-order valence-electron chi connectivity index (χ1n) is 6.22. The maximum absolute atomic E-state index is 10.9. The molecule has 7 nitrogen and oxygen atoms in total. The Hall–Kier alpha value is -1.99. The Morgan fingerprint density at radius 2 is 1.95 bits per heavy atom. The number of ether oxygens (including phenoxy) is 3. The minimum atomic E-state index is -0.607. The highest BCUT2D eigenvalue weighted by molar-refractivity contribution is 5.76. The van der Waals surface area contributed by atoms with Crippen LogP contribution in [0.5, 0.6) is 5.75 Å². The number of rotatable bonds is 9. The molecule has 0 aliphatic heterocycles. The number of carbonyl (C=O) groups is 1. The molecule has 0 aromatic heterocycles. The fourth-order valence-corrected chi connectivity index (χ4v) is 1.54. The lowest BCUT2D eigenvalue weighted by Gasteiger charge is -2.17. The van der Waals surface area contributed by atoms with Gasteiger partial charge >= 0.3 is 5.69 Å². The quantitative estimate of drug-likeness (QED) is 0.299. The second-order valence-electron chi connectivity index (χ2n) is 3.75. The van der Waals surface area contributed by atoms with Gasteiger partial charge in [-0.15, -0.1) is 0 Å². The standard InChI is InChI=1S/C13H17NO6/c1-3-18-13(19-4-2)9-20-12-7-10(8-15)5-6-11(12)14(16)17/h5-8,13H,3-4,9H2,1-2H3. The van der Waals surface area contributed by atoms with Crippen LogP contribution >= 0.6 is 0 Å². The predicted octanol–water partition coefficient (Wildman–Crippen LogP) is 2.19. The third-order valence-electron chi connectivity index (χ3n) is 2.40. The molecule has 0 unspecified atom stereocenters. The summed E-state index contributed by atoms with van der Waals surface area (Å²) in [6, 6.07) is 3.91. The minimum absolute atomic E-state index is 0.00479. The van der Waals surface area contributed by atoms with Crippen molar-refractivity contribution in [1.82, 2.24) is 0 Å². The number of nitro benzene ring substituents is 1. The topological polar surface area (TPSA) is 87.9 Å². The van der Waals surface area contributed by atoms with Crippen molar-refractivity contribution in [2.75, 3.05) is 19.8 Å². The monoisotopic (exact) mass is 283 g/mol. The Morgan fingerprint density at radius 1 is 1.30 bits per heavy atom. The van der Waals surface area contributed by atoms with E-state index in [4.69, 9.17) is 14.2 Å². The van der Waals surface area contributed by atoms with E-state index in [2.05, 4.69) is 0 Å². The Labute approximate surface area is 116 Å². The van der Waals surface area contributed by atoms with Crippen molar-refractivity contribution >= 4 is 12.0 Å². The SMILES string of the molecule is CCOC(COc1cc(C=O)ccc1[N+](=O)[O-])OCC. The van der Waals surface area contributed by atoms with Crippen LogP contribution in [-0.4, -0.2) is 37.3 Å². The van der Waals surface area contributed by atoms with Gasteiger partial charge in [0.25, 0.3) is 0 Å². The number of aldehydes is 1. The molecule has 0 aliphatic carbocycles. The molecule has 0 bridgehead atoms. The van der Waals surface area contributed by atoms with E-state index in [0.717, 1.165) is 0 Å². The molecule has 0 fully saturated rings. The maximum atomic E-state index is 10.9. The molecule has 0 saturated heterocycles. The van der Waals surface area contributed by atoms with Gasteiger partial charge in [0.15, 0.2) is 12.0 Å². The van der Waals surface area contributed by atoms with Crippen molar-refractivity contribution in [3.8, 4) is 5.75 Å². The van der Waals surface area contributed by atoms with Gasteiger partial charge in [-0.1, -0.05) is 0 Å². The second kappa shape index (κ2) is 8.23. The Bertz CT molecular complexity index is 456. The zero-order valence-corrected chi connectivity index (χ0v) is 11.4. The van der Waals surface area contributed by atoms with Crippen molar-refractivity contribution in [2.45, 2.75) is 20.1 Å². The summed E-state index contributed by atoms with van der Waals surface area (Å²) in [6.07, 6.45) is -0.0106. The molecule has 1 rings (SSSR count). The zero-order valence-electron chi connectivity index (χ0n) is 11.4.